The summed E-state index contributed by atoms with van der Waals surface area (Å²) in [7, 11) is 0. The quantitative estimate of drug-likeness (QED) is 0.798. The van der Waals surface area contributed by atoms with E-state index in [1.807, 2.05) is 48.5 Å². The van der Waals surface area contributed by atoms with E-state index < -0.39 is 0 Å². The normalized spacial score (nSPS) is 31.1. The van der Waals surface area contributed by atoms with Crippen LogP contribution in [0.15, 0.2) is 48.5 Å². The number of rotatable bonds is 2. The molecule has 1 heterocycles. The van der Waals surface area contributed by atoms with Gasteiger partial charge in [0.1, 0.15) is 0 Å². The van der Waals surface area contributed by atoms with E-state index in [-0.39, 0.29) is 30.0 Å². The third-order valence-corrected chi connectivity index (χ3v) is 5.45. The molecule has 4 heteroatoms. The van der Waals surface area contributed by atoms with Crippen molar-refractivity contribution in [2.45, 2.75) is 32.0 Å². The van der Waals surface area contributed by atoms with E-state index in [0.29, 0.717) is 0 Å². The van der Waals surface area contributed by atoms with Gasteiger partial charge in [-0.15, -0.1) is 0 Å². The molecule has 3 rings (SSSR count). The van der Waals surface area contributed by atoms with Crippen LogP contribution in [0.25, 0.3) is 0 Å². The zero-order chi connectivity index (χ0) is 16.6. The molecular weight excluding hydrogens is 329 g/mol. The molecule has 0 saturated carbocycles. The van der Waals surface area contributed by atoms with Gasteiger partial charge in [-0.25, -0.2) is 0 Å². The molecule has 1 aliphatic rings. The smallest absolute Gasteiger partial charge is 0.0627 e. The fourth-order valence-corrected chi connectivity index (χ4v) is 3.76. The predicted molar refractivity (Wildman–Crippen MR) is 95.9 cm³/mol. The topological polar surface area (TPSA) is 32.3 Å². The minimum Gasteiger partial charge on any atom is -0.392 e. The third-order valence-electron chi connectivity index (χ3n) is 4.95. The zero-order valence-corrected chi connectivity index (χ0v) is 14.7. The minimum absolute atomic E-state index is 0.0825. The maximum absolute atomic E-state index is 10.7. The van der Waals surface area contributed by atoms with E-state index in [9.17, 15) is 5.11 Å². The molecule has 2 aromatic carbocycles. The number of halogens is 2. The largest absolute Gasteiger partial charge is 0.392 e. The van der Waals surface area contributed by atoms with Crippen LogP contribution in [-0.4, -0.2) is 11.2 Å². The first-order valence-electron chi connectivity index (χ1n) is 7.92. The Morgan fingerprint density at radius 1 is 0.739 bits per heavy atom. The van der Waals surface area contributed by atoms with Crippen molar-refractivity contribution < 1.29 is 5.11 Å². The highest BCUT2D eigenvalue weighted by atomic mass is 35.5. The SMILES string of the molecule is C[C@H]1C(O)[C@H](C)[C@H](c2ccc(Cl)cc2)N[C@@H]1c1ccc(Cl)cc1. The van der Waals surface area contributed by atoms with E-state index in [0.717, 1.165) is 21.2 Å². The molecule has 1 saturated heterocycles. The van der Waals surface area contributed by atoms with Gasteiger partial charge in [0.25, 0.3) is 0 Å². The summed E-state index contributed by atoms with van der Waals surface area (Å²) in [6.07, 6.45) is -0.377. The Morgan fingerprint density at radius 2 is 1.09 bits per heavy atom. The molecule has 2 aromatic rings. The van der Waals surface area contributed by atoms with Gasteiger partial charge < -0.3 is 10.4 Å². The number of hydrogen-bond donors (Lipinski definition) is 2. The van der Waals surface area contributed by atoms with E-state index in [4.69, 9.17) is 23.2 Å². The summed E-state index contributed by atoms with van der Waals surface area (Å²) >= 11 is 12.0. The van der Waals surface area contributed by atoms with Gasteiger partial charge in [0.2, 0.25) is 0 Å². The van der Waals surface area contributed by atoms with Crippen LogP contribution in [0.5, 0.6) is 0 Å². The van der Waals surface area contributed by atoms with Gasteiger partial charge in [0.05, 0.1) is 6.10 Å². The van der Waals surface area contributed by atoms with Crippen LogP contribution in [0.1, 0.15) is 37.1 Å². The van der Waals surface area contributed by atoms with Crippen molar-refractivity contribution in [3.8, 4) is 0 Å². The summed E-state index contributed by atoms with van der Waals surface area (Å²) in [4.78, 5) is 0. The minimum atomic E-state index is -0.377. The molecule has 1 fully saturated rings. The lowest BCUT2D eigenvalue weighted by Crippen LogP contribution is -2.48. The van der Waals surface area contributed by atoms with Crippen LogP contribution < -0.4 is 5.32 Å². The molecule has 0 radical (unpaired) electrons. The number of piperidine rings is 1. The third kappa shape index (κ3) is 3.41. The van der Waals surface area contributed by atoms with Crippen molar-refractivity contribution in [1.82, 2.24) is 5.32 Å². The highest BCUT2D eigenvalue weighted by Gasteiger charge is 2.40. The van der Waals surface area contributed by atoms with Gasteiger partial charge in [0.15, 0.2) is 0 Å². The maximum Gasteiger partial charge on any atom is 0.0627 e. The summed E-state index contributed by atoms with van der Waals surface area (Å²) in [5.74, 6) is 0.240. The van der Waals surface area contributed by atoms with Crippen LogP contribution in [0.2, 0.25) is 10.0 Å². The fourth-order valence-electron chi connectivity index (χ4n) is 3.51. The van der Waals surface area contributed by atoms with Crippen molar-refractivity contribution >= 4 is 23.2 Å². The lowest BCUT2D eigenvalue weighted by Gasteiger charge is -2.44. The van der Waals surface area contributed by atoms with Crippen LogP contribution in [-0.2, 0) is 0 Å². The molecule has 122 valence electrons. The Hall–Kier alpha value is -1.06. The van der Waals surface area contributed by atoms with E-state index in [1.54, 1.807) is 0 Å². The molecule has 5 atom stereocenters. The number of aliphatic hydroxyl groups excluding tert-OH is 1. The number of nitrogens with one attached hydrogen (secondary N) is 1. The predicted octanol–water partition coefficient (Wildman–Crippen LogP) is 5.01. The summed E-state index contributed by atoms with van der Waals surface area (Å²) in [5, 5.41) is 15.9. The molecule has 0 aromatic heterocycles. The standard InChI is InChI=1S/C19H21Cl2NO/c1-11-17(13-3-7-15(20)8-4-13)22-18(12(2)19(11)23)14-5-9-16(21)10-6-14/h3-12,17-19,22-23H,1-2H3/t11-,12-,17-,18+,19?/m1/s1. The molecule has 1 unspecified atom stereocenters. The molecule has 0 amide bonds. The van der Waals surface area contributed by atoms with Gasteiger partial charge in [0, 0.05) is 34.0 Å². The van der Waals surface area contributed by atoms with Crippen LogP contribution >= 0.6 is 23.2 Å². The van der Waals surface area contributed by atoms with Crippen LogP contribution in [0.3, 0.4) is 0 Å². The summed E-state index contributed by atoms with van der Waals surface area (Å²) in [6.45, 7) is 4.18. The van der Waals surface area contributed by atoms with Crippen LogP contribution in [0, 0.1) is 11.8 Å². The van der Waals surface area contributed by atoms with E-state index in [2.05, 4.69) is 19.2 Å². The molecule has 2 N–H and O–H groups in total. The fraction of sp³-hybridized carbons (Fsp3) is 0.368. The van der Waals surface area contributed by atoms with E-state index in [1.165, 1.54) is 0 Å². The van der Waals surface area contributed by atoms with Gasteiger partial charge in [-0.3, -0.25) is 0 Å². The Bertz CT molecular complexity index is 599. The molecule has 0 aliphatic carbocycles. The van der Waals surface area contributed by atoms with Crippen LogP contribution in [0.4, 0.5) is 0 Å². The summed E-state index contributed by atoms with van der Waals surface area (Å²) in [5.41, 5.74) is 2.29. The number of aliphatic hydroxyl groups is 1. The van der Waals surface area contributed by atoms with E-state index >= 15 is 0 Å². The molecule has 23 heavy (non-hydrogen) atoms. The Kier molecular flexibility index (Phi) is 4.98. The number of benzene rings is 2. The zero-order valence-electron chi connectivity index (χ0n) is 13.2. The first kappa shape index (κ1) is 16.8. The van der Waals surface area contributed by atoms with Crippen molar-refractivity contribution in [3.05, 3.63) is 69.7 Å². The maximum atomic E-state index is 10.7. The highest BCUT2D eigenvalue weighted by Crippen LogP contribution is 2.40. The lowest BCUT2D eigenvalue weighted by atomic mass is 9.75. The Morgan fingerprint density at radius 3 is 1.43 bits per heavy atom. The molecule has 0 spiro atoms. The van der Waals surface area contributed by atoms with Crippen molar-refractivity contribution in [1.29, 1.82) is 0 Å². The first-order chi connectivity index (χ1) is 11.0. The van der Waals surface area contributed by atoms with Gasteiger partial charge in [-0.05, 0) is 35.4 Å². The summed E-state index contributed by atoms with van der Waals surface area (Å²) < 4.78 is 0. The van der Waals surface area contributed by atoms with Gasteiger partial charge >= 0.3 is 0 Å². The average molecular weight is 350 g/mol. The second-order valence-electron chi connectivity index (χ2n) is 6.43. The monoisotopic (exact) mass is 349 g/mol. The van der Waals surface area contributed by atoms with Crippen molar-refractivity contribution in [2.24, 2.45) is 11.8 Å². The molecule has 2 nitrogen and oxygen atoms in total. The number of hydrogen-bond acceptors (Lipinski definition) is 2. The van der Waals surface area contributed by atoms with Crippen molar-refractivity contribution in [3.63, 3.8) is 0 Å². The Labute approximate surface area is 147 Å². The van der Waals surface area contributed by atoms with Crippen molar-refractivity contribution in [2.75, 3.05) is 0 Å². The molecule has 0 bridgehead atoms. The van der Waals surface area contributed by atoms with Gasteiger partial charge in [-0.1, -0.05) is 61.3 Å². The van der Waals surface area contributed by atoms with Gasteiger partial charge in [-0.2, -0.15) is 0 Å². The average Bonchev–Trinajstić information content (AvgIpc) is 2.55. The highest BCUT2D eigenvalue weighted by molar-refractivity contribution is 6.30. The second kappa shape index (κ2) is 6.82. The first-order valence-corrected chi connectivity index (χ1v) is 8.68. The molecular formula is C19H21Cl2NO. The molecule has 1 aliphatic heterocycles. The Balaban J connectivity index is 1.92. The summed E-state index contributed by atoms with van der Waals surface area (Å²) in [6, 6.07) is 15.9. The second-order valence-corrected chi connectivity index (χ2v) is 7.31. The lowest BCUT2D eigenvalue weighted by molar-refractivity contribution is -0.00676.